The quantitative estimate of drug-likeness (QED) is 0.781. The number of carbonyl (C=O) groups is 1. The number of anilines is 2. The second kappa shape index (κ2) is 5.68. The summed E-state index contributed by atoms with van der Waals surface area (Å²) < 4.78 is 0. The highest BCUT2D eigenvalue weighted by atomic mass is 16.2. The van der Waals surface area contributed by atoms with Gasteiger partial charge in [-0.05, 0) is 44.1 Å². The summed E-state index contributed by atoms with van der Waals surface area (Å²) in [5.41, 5.74) is 7.09. The fourth-order valence-corrected chi connectivity index (χ4v) is 2.14. The number of nitrogens with two attached hydrogens (primary N) is 1. The number of nitrogens with one attached hydrogen (secondary N) is 1. The molecule has 0 aliphatic carbocycles. The molecule has 0 radical (unpaired) electrons. The average molecular weight is 233 g/mol. The van der Waals surface area contributed by atoms with Gasteiger partial charge in [-0.15, -0.1) is 0 Å². The standard InChI is InChI=1S/C13H19N3O/c14-11-5-4-6-12(9-11)15-13(17)10-16-7-2-1-3-8-16/h4-6,9H,1-3,7-8,10,14H2,(H,15,17). The first kappa shape index (κ1) is 11.9. The minimum atomic E-state index is 0.0394. The van der Waals surface area contributed by atoms with Gasteiger partial charge in [0, 0.05) is 11.4 Å². The summed E-state index contributed by atoms with van der Waals surface area (Å²) in [6.07, 6.45) is 3.68. The molecule has 0 saturated carbocycles. The van der Waals surface area contributed by atoms with Crippen molar-refractivity contribution in [3.63, 3.8) is 0 Å². The lowest BCUT2D eigenvalue weighted by molar-refractivity contribution is -0.117. The molecule has 1 heterocycles. The molecule has 0 unspecified atom stereocenters. The molecule has 2 rings (SSSR count). The highest BCUT2D eigenvalue weighted by Crippen LogP contribution is 2.12. The Labute approximate surface area is 102 Å². The third-order valence-electron chi connectivity index (χ3n) is 2.99. The normalized spacial score (nSPS) is 16.7. The molecule has 4 heteroatoms. The van der Waals surface area contributed by atoms with E-state index in [9.17, 15) is 4.79 Å². The van der Waals surface area contributed by atoms with Crippen molar-refractivity contribution in [2.75, 3.05) is 30.7 Å². The molecule has 0 bridgehead atoms. The predicted molar refractivity (Wildman–Crippen MR) is 69.8 cm³/mol. The van der Waals surface area contributed by atoms with Gasteiger partial charge in [-0.25, -0.2) is 0 Å². The lowest BCUT2D eigenvalue weighted by Crippen LogP contribution is -2.36. The fourth-order valence-electron chi connectivity index (χ4n) is 2.14. The monoisotopic (exact) mass is 233 g/mol. The third kappa shape index (κ3) is 3.75. The number of benzene rings is 1. The summed E-state index contributed by atoms with van der Waals surface area (Å²) >= 11 is 0. The summed E-state index contributed by atoms with van der Waals surface area (Å²) in [6, 6.07) is 7.27. The van der Waals surface area contributed by atoms with Crippen LogP contribution in [0.3, 0.4) is 0 Å². The number of nitrogens with zero attached hydrogens (tertiary/aromatic N) is 1. The number of hydrogen-bond acceptors (Lipinski definition) is 3. The van der Waals surface area contributed by atoms with Crippen LogP contribution in [-0.4, -0.2) is 30.4 Å². The summed E-state index contributed by atoms with van der Waals surface area (Å²) in [7, 11) is 0. The van der Waals surface area contributed by atoms with Crippen molar-refractivity contribution >= 4 is 17.3 Å². The Bertz CT molecular complexity index is 386. The molecule has 0 aromatic heterocycles. The zero-order valence-electron chi connectivity index (χ0n) is 9.98. The van der Waals surface area contributed by atoms with E-state index in [0.717, 1.165) is 18.8 Å². The topological polar surface area (TPSA) is 58.4 Å². The second-order valence-electron chi connectivity index (χ2n) is 4.51. The molecule has 0 atom stereocenters. The summed E-state index contributed by atoms with van der Waals surface area (Å²) in [4.78, 5) is 14.0. The number of hydrogen-bond donors (Lipinski definition) is 2. The minimum Gasteiger partial charge on any atom is -0.399 e. The van der Waals surface area contributed by atoms with Gasteiger partial charge < -0.3 is 11.1 Å². The lowest BCUT2D eigenvalue weighted by Gasteiger charge is -2.25. The molecule has 92 valence electrons. The molecule has 1 aliphatic heterocycles. The molecule has 1 aromatic carbocycles. The van der Waals surface area contributed by atoms with Gasteiger partial charge in [0.05, 0.1) is 6.54 Å². The van der Waals surface area contributed by atoms with Gasteiger partial charge in [-0.1, -0.05) is 12.5 Å². The van der Waals surface area contributed by atoms with Crippen LogP contribution in [-0.2, 0) is 4.79 Å². The maximum atomic E-state index is 11.8. The largest absolute Gasteiger partial charge is 0.399 e. The van der Waals surface area contributed by atoms with E-state index in [4.69, 9.17) is 5.73 Å². The van der Waals surface area contributed by atoms with Crippen LogP contribution in [0, 0.1) is 0 Å². The van der Waals surface area contributed by atoms with Gasteiger partial charge in [0.15, 0.2) is 0 Å². The van der Waals surface area contributed by atoms with E-state index in [1.165, 1.54) is 19.3 Å². The van der Waals surface area contributed by atoms with Gasteiger partial charge in [0.2, 0.25) is 5.91 Å². The molecule has 0 spiro atoms. The molecule has 1 aromatic rings. The van der Waals surface area contributed by atoms with Gasteiger partial charge >= 0.3 is 0 Å². The van der Waals surface area contributed by atoms with Crippen molar-refractivity contribution in [2.45, 2.75) is 19.3 Å². The van der Waals surface area contributed by atoms with Gasteiger partial charge in [0.25, 0.3) is 0 Å². The average Bonchev–Trinajstić information content (AvgIpc) is 2.30. The van der Waals surface area contributed by atoms with Crippen LogP contribution < -0.4 is 11.1 Å². The number of amides is 1. The number of nitrogen functional groups attached to an aromatic ring is 1. The van der Waals surface area contributed by atoms with Crippen LogP contribution in [0.1, 0.15) is 19.3 Å². The zero-order chi connectivity index (χ0) is 12.1. The van der Waals surface area contributed by atoms with Crippen LogP contribution in [0.4, 0.5) is 11.4 Å². The van der Waals surface area contributed by atoms with Gasteiger partial charge in [0.1, 0.15) is 0 Å². The lowest BCUT2D eigenvalue weighted by atomic mass is 10.1. The Morgan fingerprint density at radius 2 is 2.06 bits per heavy atom. The molecule has 1 aliphatic rings. The number of rotatable bonds is 3. The smallest absolute Gasteiger partial charge is 0.238 e. The Hall–Kier alpha value is -1.55. The Morgan fingerprint density at radius 3 is 2.76 bits per heavy atom. The van der Waals surface area contributed by atoms with Crippen molar-refractivity contribution in [2.24, 2.45) is 0 Å². The minimum absolute atomic E-state index is 0.0394. The van der Waals surface area contributed by atoms with Crippen molar-refractivity contribution < 1.29 is 4.79 Å². The van der Waals surface area contributed by atoms with Crippen molar-refractivity contribution in [3.05, 3.63) is 24.3 Å². The second-order valence-corrected chi connectivity index (χ2v) is 4.51. The first-order valence-corrected chi connectivity index (χ1v) is 6.12. The van der Waals surface area contributed by atoms with E-state index in [1.54, 1.807) is 12.1 Å². The molecular formula is C13H19N3O. The number of piperidine rings is 1. The van der Waals surface area contributed by atoms with E-state index in [2.05, 4.69) is 10.2 Å². The molecular weight excluding hydrogens is 214 g/mol. The van der Waals surface area contributed by atoms with E-state index < -0.39 is 0 Å². The van der Waals surface area contributed by atoms with E-state index >= 15 is 0 Å². The molecule has 1 fully saturated rings. The zero-order valence-corrected chi connectivity index (χ0v) is 9.98. The van der Waals surface area contributed by atoms with E-state index in [-0.39, 0.29) is 5.91 Å². The third-order valence-corrected chi connectivity index (χ3v) is 2.99. The summed E-state index contributed by atoms with van der Waals surface area (Å²) in [5.74, 6) is 0.0394. The SMILES string of the molecule is Nc1cccc(NC(=O)CN2CCCCC2)c1. The maximum Gasteiger partial charge on any atom is 0.238 e. The maximum absolute atomic E-state index is 11.8. The fraction of sp³-hybridized carbons (Fsp3) is 0.462. The Morgan fingerprint density at radius 1 is 1.29 bits per heavy atom. The first-order valence-electron chi connectivity index (χ1n) is 6.12. The molecule has 4 nitrogen and oxygen atoms in total. The van der Waals surface area contributed by atoms with Crippen molar-refractivity contribution in [1.82, 2.24) is 4.90 Å². The van der Waals surface area contributed by atoms with Crippen molar-refractivity contribution in [1.29, 1.82) is 0 Å². The van der Waals surface area contributed by atoms with Crippen molar-refractivity contribution in [3.8, 4) is 0 Å². The van der Waals surface area contributed by atoms with Crippen LogP contribution in [0.25, 0.3) is 0 Å². The van der Waals surface area contributed by atoms with Crippen LogP contribution in [0.5, 0.6) is 0 Å². The predicted octanol–water partition coefficient (Wildman–Crippen LogP) is 1.69. The highest BCUT2D eigenvalue weighted by Gasteiger charge is 2.13. The summed E-state index contributed by atoms with van der Waals surface area (Å²) in [5, 5.41) is 2.87. The molecule has 1 amide bonds. The highest BCUT2D eigenvalue weighted by molar-refractivity contribution is 5.92. The Balaban J connectivity index is 1.84. The van der Waals surface area contributed by atoms with Gasteiger partial charge in [-0.3, -0.25) is 9.69 Å². The number of carbonyl (C=O) groups excluding carboxylic acids is 1. The molecule has 17 heavy (non-hydrogen) atoms. The Kier molecular flexibility index (Phi) is 3.98. The molecule has 1 saturated heterocycles. The van der Waals surface area contributed by atoms with Gasteiger partial charge in [-0.2, -0.15) is 0 Å². The first-order chi connectivity index (χ1) is 8.24. The van der Waals surface area contributed by atoms with Crippen LogP contribution in [0.15, 0.2) is 24.3 Å². The molecule has 3 N–H and O–H groups in total. The summed E-state index contributed by atoms with van der Waals surface area (Å²) in [6.45, 7) is 2.55. The van der Waals surface area contributed by atoms with E-state index in [1.807, 2.05) is 12.1 Å². The van der Waals surface area contributed by atoms with E-state index in [0.29, 0.717) is 12.2 Å². The van der Waals surface area contributed by atoms with Crippen LogP contribution >= 0.6 is 0 Å². The number of likely N-dealkylation sites (tertiary alicyclic amines) is 1. The van der Waals surface area contributed by atoms with Crippen LogP contribution in [0.2, 0.25) is 0 Å².